The Morgan fingerprint density at radius 3 is 2.72 bits per heavy atom. The van der Waals surface area contributed by atoms with Crippen LogP contribution in [-0.4, -0.2) is 27.4 Å². The first kappa shape index (κ1) is 11.7. The standard InChI is InChI=1S/C14H16N2OS/c1-2-4-12(5-3-1)16-11-14(10-15-16)17-13-6-8-18-9-7-13/h1-5,10-11,13H,6-9H2. The van der Waals surface area contributed by atoms with Crippen LogP contribution in [0.15, 0.2) is 42.7 Å². The maximum atomic E-state index is 5.96. The molecule has 1 aromatic heterocycles. The van der Waals surface area contributed by atoms with E-state index in [0.29, 0.717) is 6.10 Å². The highest BCUT2D eigenvalue weighted by Gasteiger charge is 2.15. The van der Waals surface area contributed by atoms with E-state index < -0.39 is 0 Å². The second kappa shape index (κ2) is 5.48. The Balaban J connectivity index is 1.69. The molecule has 2 heterocycles. The fourth-order valence-electron chi connectivity index (χ4n) is 2.08. The van der Waals surface area contributed by atoms with Crippen LogP contribution < -0.4 is 4.74 Å². The van der Waals surface area contributed by atoms with Crippen molar-refractivity contribution in [3.8, 4) is 11.4 Å². The van der Waals surface area contributed by atoms with Crippen LogP contribution in [0.3, 0.4) is 0 Å². The molecule has 3 nitrogen and oxygen atoms in total. The quantitative estimate of drug-likeness (QED) is 0.848. The summed E-state index contributed by atoms with van der Waals surface area (Å²) in [5.74, 6) is 3.28. The molecule has 0 bridgehead atoms. The lowest BCUT2D eigenvalue weighted by molar-refractivity contribution is 0.192. The van der Waals surface area contributed by atoms with Crippen molar-refractivity contribution in [3.63, 3.8) is 0 Å². The number of hydrogen-bond acceptors (Lipinski definition) is 3. The minimum absolute atomic E-state index is 0.361. The Morgan fingerprint density at radius 2 is 1.94 bits per heavy atom. The molecule has 0 unspecified atom stereocenters. The number of ether oxygens (including phenoxy) is 1. The lowest BCUT2D eigenvalue weighted by Gasteiger charge is -2.21. The fraction of sp³-hybridized carbons (Fsp3) is 0.357. The van der Waals surface area contributed by atoms with Crippen molar-refractivity contribution in [1.29, 1.82) is 0 Å². The molecule has 0 spiro atoms. The SMILES string of the molecule is c1ccc(-n2cc(OC3CCSCC3)cn2)cc1. The molecule has 2 aromatic rings. The van der Waals surface area contributed by atoms with Crippen molar-refractivity contribution < 1.29 is 4.74 Å². The minimum Gasteiger partial charge on any atom is -0.487 e. The van der Waals surface area contributed by atoms with Gasteiger partial charge in [-0.1, -0.05) is 18.2 Å². The van der Waals surface area contributed by atoms with Crippen LogP contribution in [0.2, 0.25) is 0 Å². The summed E-state index contributed by atoms with van der Waals surface area (Å²) in [7, 11) is 0. The van der Waals surface area contributed by atoms with Gasteiger partial charge in [0.25, 0.3) is 0 Å². The third kappa shape index (κ3) is 2.70. The van der Waals surface area contributed by atoms with E-state index in [1.165, 1.54) is 11.5 Å². The van der Waals surface area contributed by atoms with Crippen molar-refractivity contribution in [3.05, 3.63) is 42.7 Å². The van der Waals surface area contributed by atoms with Gasteiger partial charge in [0, 0.05) is 0 Å². The van der Waals surface area contributed by atoms with Crippen molar-refractivity contribution in [2.24, 2.45) is 0 Å². The molecule has 1 saturated heterocycles. The van der Waals surface area contributed by atoms with Gasteiger partial charge in [0.2, 0.25) is 0 Å². The molecule has 18 heavy (non-hydrogen) atoms. The van der Waals surface area contributed by atoms with Crippen LogP contribution in [0.5, 0.6) is 5.75 Å². The first-order chi connectivity index (χ1) is 8.92. The molecule has 0 amide bonds. The third-order valence-corrected chi connectivity index (χ3v) is 4.10. The second-order valence-electron chi connectivity index (χ2n) is 4.39. The van der Waals surface area contributed by atoms with E-state index in [2.05, 4.69) is 5.10 Å². The van der Waals surface area contributed by atoms with Gasteiger partial charge in [-0.3, -0.25) is 0 Å². The Kier molecular flexibility index (Phi) is 3.55. The third-order valence-electron chi connectivity index (χ3n) is 3.05. The number of nitrogens with zero attached hydrogens (tertiary/aromatic N) is 2. The zero-order valence-corrected chi connectivity index (χ0v) is 11.0. The largest absolute Gasteiger partial charge is 0.487 e. The molecule has 3 rings (SSSR count). The predicted octanol–water partition coefficient (Wildman–Crippen LogP) is 3.15. The molecule has 0 saturated carbocycles. The molecule has 1 aliphatic rings. The van der Waals surface area contributed by atoms with E-state index in [-0.39, 0.29) is 0 Å². The van der Waals surface area contributed by atoms with Gasteiger partial charge >= 0.3 is 0 Å². The smallest absolute Gasteiger partial charge is 0.158 e. The van der Waals surface area contributed by atoms with E-state index in [9.17, 15) is 0 Å². The van der Waals surface area contributed by atoms with Gasteiger partial charge in [-0.15, -0.1) is 0 Å². The van der Waals surface area contributed by atoms with Crippen LogP contribution in [0.25, 0.3) is 5.69 Å². The number of benzene rings is 1. The molecular weight excluding hydrogens is 244 g/mol. The van der Waals surface area contributed by atoms with E-state index in [0.717, 1.165) is 24.3 Å². The van der Waals surface area contributed by atoms with Crippen LogP contribution >= 0.6 is 11.8 Å². The lowest BCUT2D eigenvalue weighted by atomic mass is 10.2. The zero-order chi connectivity index (χ0) is 12.2. The van der Waals surface area contributed by atoms with E-state index >= 15 is 0 Å². The van der Waals surface area contributed by atoms with E-state index in [1.807, 2.05) is 53.0 Å². The molecule has 0 atom stereocenters. The number of thioether (sulfide) groups is 1. The minimum atomic E-state index is 0.361. The molecule has 0 aliphatic carbocycles. The molecule has 4 heteroatoms. The zero-order valence-electron chi connectivity index (χ0n) is 10.2. The van der Waals surface area contributed by atoms with Crippen LogP contribution in [-0.2, 0) is 0 Å². The summed E-state index contributed by atoms with van der Waals surface area (Å²) in [6, 6.07) is 10.1. The summed E-state index contributed by atoms with van der Waals surface area (Å²) in [5, 5.41) is 4.34. The Bertz CT molecular complexity index is 492. The van der Waals surface area contributed by atoms with Crippen molar-refractivity contribution in [2.75, 3.05) is 11.5 Å². The highest BCUT2D eigenvalue weighted by molar-refractivity contribution is 7.99. The summed E-state index contributed by atoms with van der Waals surface area (Å²) in [6.45, 7) is 0. The number of aromatic nitrogens is 2. The van der Waals surface area contributed by atoms with Crippen LogP contribution in [0.1, 0.15) is 12.8 Å². The summed E-state index contributed by atoms with van der Waals surface area (Å²) in [4.78, 5) is 0. The van der Waals surface area contributed by atoms with Crippen molar-refractivity contribution in [2.45, 2.75) is 18.9 Å². The van der Waals surface area contributed by atoms with Crippen LogP contribution in [0, 0.1) is 0 Å². The van der Waals surface area contributed by atoms with Crippen molar-refractivity contribution >= 4 is 11.8 Å². The van der Waals surface area contributed by atoms with Gasteiger partial charge < -0.3 is 4.74 Å². The molecule has 0 radical (unpaired) electrons. The lowest BCUT2D eigenvalue weighted by Crippen LogP contribution is -2.21. The van der Waals surface area contributed by atoms with Crippen molar-refractivity contribution in [1.82, 2.24) is 9.78 Å². The summed E-state index contributed by atoms with van der Waals surface area (Å²) in [6.07, 6.45) is 6.40. The normalized spacial score (nSPS) is 16.7. The average Bonchev–Trinajstić information content (AvgIpc) is 2.89. The first-order valence-electron chi connectivity index (χ1n) is 6.26. The van der Waals surface area contributed by atoms with E-state index in [1.54, 1.807) is 6.20 Å². The van der Waals surface area contributed by atoms with Gasteiger partial charge in [0.1, 0.15) is 6.10 Å². The molecule has 0 N–H and O–H groups in total. The summed E-state index contributed by atoms with van der Waals surface area (Å²) >= 11 is 2.01. The number of para-hydroxylation sites is 1. The summed E-state index contributed by atoms with van der Waals surface area (Å²) < 4.78 is 7.81. The maximum Gasteiger partial charge on any atom is 0.158 e. The van der Waals surface area contributed by atoms with Gasteiger partial charge in [-0.25, -0.2) is 4.68 Å². The monoisotopic (exact) mass is 260 g/mol. The number of hydrogen-bond donors (Lipinski definition) is 0. The Labute approximate surface area is 111 Å². The van der Waals surface area contributed by atoms with Gasteiger partial charge in [0.15, 0.2) is 5.75 Å². The van der Waals surface area contributed by atoms with Gasteiger partial charge in [-0.05, 0) is 36.5 Å². The fourth-order valence-corrected chi connectivity index (χ4v) is 3.14. The molecule has 1 aromatic carbocycles. The van der Waals surface area contributed by atoms with E-state index in [4.69, 9.17) is 4.74 Å². The Morgan fingerprint density at radius 1 is 1.17 bits per heavy atom. The number of rotatable bonds is 3. The first-order valence-corrected chi connectivity index (χ1v) is 7.42. The Hall–Kier alpha value is -1.42. The highest BCUT2D eigenvalue weighted by atomic mass is 32.2. The summed E-state index contributed by atoms with van der Waals surface area (Å²) in [5.41, 5.74) is 1.06. The molecule has 94 valence electrons. The van der Waals surface area contributed by atoms with Gasteiger partial charge in [0.05, 0.1) is 18.1 Å². The average molecular weight is 260 g/mol. The molecule has 1 fully saturated rings. The predicted molar refractivity (Wildman–Crippen MR) is 74.5 cm³/mol. The topological polar surface area (TPSA) is 27.1 Å². The molecule has 1 aliphatic heterocycles. The van der Waals surface area contributed by atoms with Crippen LogP contribution in [0.4, 0.5) is 0 Å². The van der Waals surface area contributed by atoms with Gasteiger partial charge in [-0.2, -0.15) is 16.9 Å². The highest BCUT2D eigenvalue weighted by Crippen LogP contribution is 2.22. The molecular formula is C14H16N2OS. The maximum absolute atomic E-state index is 5.96. The second-order valence-corrected chi connectivity index (χ2v) is 5.61.